The largest absolute Gasteiger partial charge is 0.345 e. The molecule has 0 fully saturated rings. The van der Waals surface area contributed by atoms with Gasteiger partial charge >= 0.3 is 0 Å². The number of halogens is 1. The van der Waals surface area contributed by atoms with Gasteiger partial charge in [0.25, 0.3) is 5.91 Å². The van der Waals surface area contributed by atoms with Gasteiger partial charge in [0.2, 0.25) is 5.91 Å². The van der Waals surface area contributed by atoms with Gasteiger partial charge in [-0.05, 0) is 35.4 Å². The molecule has 0 aliphatic rings. The number of hydrogen-bond acceptors (Lipinski definition) is 4. The molecule has 3 aromatic rings. The lowest BCUT2D eigenvalue weighted by molar-refractivity contribution is -0.117. The predicted octanol–water partition coefficient (Wildman–Crippen LogP) is 3.07. The van der Waals surface area contributed by atoms with E-state index in [1.54, 1.807) is 69.0 Å². The van der Waals surface area contributed by atoms with Crippen LogP contribution in [-0.4, -0.2) is 41.0 Å². The van der Waals surface area contributed by atoms with Gasteiger partial charge in [0.15, 0.2) is 0 Å². The van der Waals surface area contributed by atoms with Crippen LogP contribution in [0.3, 0.4) is 0 Å². The van der Waals surface area contributed by atoms with Crippen LogP contribution >= 0.6 is 11.6 Å². The van der Waals surface area contributed by atoms with Crippen molar-refractivity contribution >= 4 is 29.1 Å². The molecule has 144 valence electrons. The molecular weight excluding hydrogens is 378 g/mol. The van der Waals surface area contributed by atoms with E-state index in [-0.39, 0.29) is 5.91 Å². The average molecular weight is 398 g/mol. The Morgan fingerprint density at radius 3 is 2.46 bits per heavy atom. The second-order valence-electron chi connectivity index (χ2n) is 6.47. The summed E-state index contributed by atoms with van der Waals surface area (Å²) < 4.78 is 0. The molecule has 8 heteroatoms. The van der Waals surface area contributed by atoms with Crippen LogP contribution in [0.1, 0.15) is 22.0 Å². The lowest BCUT2D eigenvalue weighted by Crippen LogP contribution is -2.29. The highest BCUT2D eigenvalue weighted by atomic mass is 35.5. The summed E-state index contributed by atoms with van der Waals surface area (Å²) in [6, 6.07) is 11.0. The van der Waals surface area contributed by atoms with E-state index in [1.165, 1.54) is 4.90 Å². The van der Waals surface area contributed by atoms with Crippen molar-refractivity contribution in [1.29, 1.82) is 0 Å². The van der Waals surface area contributed by atoms with Crippen LogP contribution in [0, 0.1) is 0 Å². The Kier molecular flexibility index (Phi) is 5.77. The van der Waals surface area contributed by atoms with E-state index in [0.717, 1.165) is 11.1 Å². The number of carbonyl (C=O) groups excluding carboxylic acids is 2. The minimum atomic E-state index is -0.895. The van der Waals surface area contributed by atoms with Gasteiger partial charge in [-0.2, -0.15) is 5.10 Å². The number of anilines is 1. The minimum absolute atomic E-state index is 0.235. The van der Waals surface area contributed by atoms with Crippen LogP contribution in [0.5, 0.6) is 0 Å². The SMILES string of the molecule is CN(C)C(=O)c1cc(-c2cn[nH]c2)ccc1NC(=O)C(N)c1ccc(Cl)cc1. The zero-order valence-corrected chi connectivity index (χ0v) is 16.2. The van der Waals surface area contributed by atoms with Crippen LogP contribution in [-0.2, 0) is 4.79 Å². The zero-order chi connectivity index (χ0) is 20.3. The Balaban J connectivity index is 1.90. The quantitative estimate of drug-likeness (QED) is 0.615. The monoisotopic (exact) mass is 397 g/mol. The Labute approximate surface area is 167 Å². The molecule has 3 rings (SSSR count). The molecule has 1 unspecified atom stereocenters. The van der Waals surface area contributed by atoms with Crippen molar-refractivity contribution in [2.24, 2.45) is 5.73 Å². The molecule has 0 aliphatic carbocycles. The maximum Gasteiger partial charge on any atom is 0.255 e. The van der Waals surface area contributed by atoms with Gasteiger partial charge in [0.1, 0.15) is 6.04 Å². The van der Waals surface area contributed by atoms with Crippen LogP contribution in [0.4, 0.5) is 5.69 Å². The fourth-order valence-corrected chi connectivity index (χ4v) is 2.82. The van der Waals surface area contributed by atoms with Crippen LogP contribution in [0.15, 0.2) is 54.9 Å². The number of nitrogens with zero attached hydrogens (tertiary/aromatic N) is 2. The summed E-state index contributed by atoms with van der Waals surface area (Å²) in [5.41, 5.74) is 9.08. The summed E-state index contributed by atoms with van der Waals surface area (Å²) in [5, 5.41) is 9.99. The van der Waals surface area contributed by atoms with Gasteiger partial charge in [0.05, 0.1) is 17.4 Å². The number of aromatic amines is 1. The first-order chi connectivity index (χ1) is 13.4. The molecule has 1 atom stereocenters. The first-order valence-electron chi connectivity index (χ1n) is 8.53. The van der Waals surface area contributed by atoms with E-state index in [1.807, 2.05) is 0 Å². The average Bonchev–Trinajstić information content (AvgIpc) is 3.22. The molecule has 2 aromatic carbocycles. The van der Waals surface area contributed by atoms with E-state index in [9.17, 15) is 9.59 Å². The van der Waals surface area contributed by atoms with Crippen LogP contribution < -0.4 is 11.1 Å². The molecule has 1 aromatic heterocycles. The molecule has 2 amide bonds. The van der Waals surface area contributed by atoms with Crippen LogP contribution in [0.25, 0.3) is 11.1 Å². The molecule has 7 nitrogen and oxygen atoms in total. The third kappa shape index (κ3) is 4.21. The topological polar surface area (TPSA) is 104 Å². The van der Waals surface area contributed by atoms with Crippen molar-refractivity contribution < 1.29 is 9.59 Å². The summed E-state index contributed by atoms with van der Waals surface area (Å²) in [6.45, 7) is 0. The number of nitrogens with two attached hydrogens (primary N) is 1. The number of hydrogen-bond donors (Lipinski definition) is 3. The maximum absolute atomic E-state index is 12.7. The number of carbonyl (C=O) groups is 2. The molecule has 0 spiro atoms. The molecule has 28 heavy (non-hydrogen) atoms. The Hall–Kier alpha value is -3.16. The predicted molar refractivity (Wildman–Crippen MR) is 109 cm³/mol. The lowest BCUT2D eigenvalue weighted by Gasteiger charge is -2.18. The minimum Gasteiger partial charge on any atom is -0.345 e. The number of rotatable bonds is 5. The fraction of sp³-hybridized carbons (Fsp3) is 0.150. The Bertz CT molecular complexity index is 984. The van der Waals surface area contributed by atoms with E-state index in [4.69, 9.17) is 17.3 Å². The van der Waals surface area contributed by atoms with Crippen molar-refractivity contribution in [3.8, 4) is 11.1 Å². The second kappa shape index (κ2) is 8.24. The number of H-pyrrole nitrogens is 1. The number of benzene rings is 2. The number of amides is 2. The van der Waals surface area contributed by atoms with E-state index < -0.39 is 11.9 Å². The second-order valence-corrected chi connectivity index (χ2v) is 6.90. The summed E-state index contributed by atoms with van der Waals surface area (Å²) >= 11 is 5.88. The van der Waals surface area contributed by atoms with Crippen molar-refractivity contribution in [2.45, 2.75) is 6.04 Å². The first-order valence-corrected chi connectivity index (χ1v) is 8.91. The molecule has 4 N–H and O–H groups in total. The molecule has 0 saturated heterocycles. The first kappa shape index (κ1) is 19.6. The van der Waals surface area contributed by atoms with Gasteiger partial charge in [0, 0.05) is 30.9 Å². The van der Waals surface area contributed by atoms with E-state index >= 15 is 0 Å². The van der Waals surface area contributed by atoms with Crippen molar-refractivity contribution in [1.82, 2.24) is 15.1 Å². The fourth-order valence-electron chi connectivity index (χ4n) is 2.69. The Morgan fingerprint density at radius 2 is 1.86 bits per heavy atom. The lowest BCUT2D eigenvalue weighted by atomic mass is 10.0. The highest BCUT2D eigenvalue weighted by molar-refractivity contribution is 6.30. The molecule has 1 heterocycles. The number of nitrogens with one attached hydrogen (secondary N) is 2. The highest BCUT2D eigenvalue weighted by Crippen LogP contribution is 2.26. The summed E-state index contributed by atoms with van der Waals surface area (Å²) in [7, 11) is 3.30. The van der Waals surface area contributed by atoms with Gasteiger partial charge in [-0.1, -0.05) is 29.8 Å². The van der Waals surface area contributed by atoms with Crippen molar-refractivity contribution in [3.05, 3.63) is 71.0 Å². The van der Waals surface area contributed by atoms with Crippen LogP contribution in [0.2, 0.25) is 5.02 Å². The third-order valence-corrected chi connectivity index (χ3v) is 4.51. The van der Waals surface area contributed by atoms with E-state index in [2.05, 4.69) is 15.5 Å². The smallest absolute Gasteiger partial charge is 0.255 e. The molecule has 0 radical (unpaired) electrons. The van der Waals surface area contributed by atoms with Gasteiger partial charge < -0.3 is 16.0 Å². The van der Waals surface area contributed by atoms with E-state index in [0.29, 0.717) is 21.8 Å². The van der Waals surface area contributed by atoms with Crippen molar-refractivity contribution in [3.63, 3.8) is 0 Å². The summed E-state index contributed by atoms with van der Waals surface area (Å²) in [6.07, 6.45) is 3.39. The highest BCUT2D eigenvalue weighted by Gasteiger charge is 2.20. The zero-order valence-electron chi connectivity index (χ0n) is 15.4. The van der Waals surface area contributed by atoms with Gasteiger partial charge in [-0.25, -0.2) is 0 Å². The summed E-state index contributed by atoms with van der Waals surface area (Å²) in [4.78, 5) is 26.7. The third-order valence-electron chi connectivity index (χ3n) is 4.26. The Morgan fingerprint density at radius 1 is 1.14 bits per heavy atom. The van der Waals surface area contributed by atoms with Gasteiger partial charge in [-0.3, -0.25) is 14.7 Å². The molecule has 0 aliphatic heterocycles. The molecular formula is C20H20ClN5O2. The van der Waals surface area contributed by atoms with Crippen molar-refractivity contribution in [2.75, 3.05) is 19.4 Å². The normalized spacial score (nSPS) is 11.7. The standard InChI is InChI=1S/C20H20ClN5O2/c1-26(2)20(28)16-9-13(14-10-23-24-11-14)5-8-17(16)25-19(27)18(22)12-3-6-15(21)7-4-12/h3-11,18H,22H2,1-2H3,(H,23,24)(H,25,27). The molecule has 0 saturated carbocycles. The maximum atomic E-state index is 12.7. The molecule has 0 bridgehead atoms. The number of aromatic nitrogens is 2. The summed E-state index contributed by atoms with van der Waals surface area (Å²) in [5.74, 6) is -0.660. The van der Waals surface area contributed by atoms with Gasteiger partial charge in [-0.15, -0.1) is 0 Å².